The number of ether oxygens (including phenoxy) is 2. The second kappa shape index (κ2) is 9.07. The molecule has 0 atom stereocenters. The first-order valence-electron chi connectivity index (χ1n) is 9.24. The molecule has 0 unspecified atom stereocenters. The predicted molar refractivity (Wildman–Crippen MR) is 104 cm³/mol. The van der Waals surface area contributed by atoms with E-state index in [9.17, 15) is 4.79 Å². The van der Waals surface area contributed by atoms with Gasteiger partial charge >= 0.3 is 0 Å². The lowest BCUT2D eigenvalue weighted by Gasteiger charge is -2.14. The number of nitrogens with one attached hydrogen (secondary N) is 1. The molecule has 0 bridgehead atoms. The minimum absolute atomic E-state index is 0.135. The van der Waals surface area contributed by atoms with E-state index in [1.54, 1.807) is 6.07 Å². The van der Waals surface area contributed by atoms with Crippen LogP contribution >= 0.6 is 0 Å². The summed E-state index contributed by atoms with van der Waals surface area (Å²) in [7, 11) is 0. The molecule has 0 saturated carbocycles. The van der Waals surface area contributed by atoms with Crippen LogP contribution in [0.15, 0.2) is 47.0 Å². The lowest BCUT2D eigenvalue weighted by Crippen LogP contribution is -2.15. The molecule has 1 aromatic heterocycles. The van der Waals surface area contributed by atoms with Crippen LogP contribution in [-0.2, 0) is 11.2 Å². The highest BCUT2D eigenvalue weighted by atomic mass is 16.5. The minimum atomic E-state index is -0.169. The number of carbonyl (C=O) groups is 1. The lowest BCUT2D eigenvalue weighted by molar-refractivity contribution is -0.115. The average molecular weight is 368 g/mol. The van der Waals surface area contributed by atoms with Crippen molar-refractivity contribution in [2.24, 2.45) is 0 Å². The molecule has 3 aromatic rings. The van der Waals surface area contributed by atoms with Gasteiger partial charge in [-0.3, -0.25) is 4.79 Å². The fourth-order valence-electron chi connectivity index (χ4n) is 2.66. The Morgan fingerprint density at radius 2 is 1.78 bits per heavy atom. The number of carbonyl (C=O) groups excluding carboxylic acids is 1. The molecule has 0 aliphatic rings. The number of aromatic nitrogens is 1. The second-order valence-corrected chi connectivity index (χ2v) is 6.21. The molecule has 142 valence electrons. The average Bonchev–Trinajstić information content (AvgIpc) is 3.08. The van der Waals surface area contributed by atoms with Gasteiger partial charge in [0.25, 0.3) is 0 Å². The highest BCUT2D eigenvalue weighted by Crippen LogP contribution is 2.31. The topological polar surface area (TPSA) is 73.6 Å². The molecule has 0 radical (unpaired) electrons. The van der Waals surface area contributed by atoms with E-state index in [1.165, 1.54) is 0 Å². The fraction of sp³-hybridized carbons (Fsp3) is 0.333. The number of fused-ring (bicyclic) bond motifs is 1. The Balaban J connectivity index is 1.71. The van der Waals surface area contributed by atoms with E-state index in [0.29, 0.717) is 41.7 Å². The van der Waals surface area contributed by atoms with Crippen LogP contribution in [0.1, 0.15) is 32.4 Å². The van der Waals surface area contributed by atoms with E-state index in [2.05, 4.69) is 17.4 Å². The monoisotopic (exact) mass is 368 g/mol. The zero-order chi connectivity index (χ0) is 19.1. The van der Waals surface area contributed by atoms with E-state index in [0.717, 1.165) is 18.2 Å². The van der Waals surface area contributed by atoms with Crippen molar-refractivity contribution in [2.45, 2.75) is 33.1 Å². The molecule has 0 aliphatic carbocycles. The Morgan fingerprint density at radius 1 is 1.04 bits per heavy atom. The summed E-state index contributed by atoms with van der Waals surface area (Å²) in [4.78, 5) is 12.4. The van der Waals surface area contributed by atoms with Crippen molar-refractivity contribution in [3.05, 3.63) is 48.2 Å². The molecule has 3 rings (SSSR count). The molecular formula is C21H24N2O4. The zero-order valence-electron chi connectivity index (χ0n) is 15.7. The summed E-state index contributed by atoms with van der Waals surface area (Å²) in [5, 5.41) is 7.74. The van der Waals surface area contributed by atoms with Gasteiger partial charge in [-0.25, -0.2) is 0 Å². The van der Waals surface area contributed by atoms with Gasteiger partial charge in [0, 0.05) is 17.1 Å². The van der Waals surface area contributed by atoms with Gasteiger partial charge in [-0.1, -0.05) is 31.1 Å². The summed E-state index contributed by atoms with van der Waals surface area (Å²) in [5.41, 5.74) is 1.95. The van der Waals surface area contributed by atoms with Crippen LogP contribution in [0.4, 0.5) is 5.69 Å². The first-order valence-corrected chi connectivity index (χ1v) is 9.24. The largest absolute Gasteiger partial charge is 0.490 e. The van der Waals surface area contributed by atoms with Gasteiger partial charge in [-0.15, -0.1) is 0 Å². The Bertz CT molecular complexity index is 904. The van der Waals surface area contributed by atoms with E-state index in [-0.39, 0.29) is 12.3 Å². The predicted octanol–water partition coefficient (Wildman–Crippen LogP) is 4.59. The summed E-state index contributed by atoms with van der Waals surface area (Å²) < 4.78 is 16.7. The van der Waals surface area contributed by atoms with Crippen LogP contribution in [-0.4, -0.2) is 24.3 Å². The third-order valence-corrected chi connectivity index (χ3v) is 3.93. The number of amides is 1. The van der Waals surface area contributed by atoms with Crippen molar-refractivity contribution < 1.29 is 18.8 Å². The standard InChI is InChI=1S/C21H24N2O4/c1-3-11-25-19-10-9-15(13-20(19)26-12-4-2)22-21(24)14-17-16-7-5-6-8-18(16)27-23-17/h5-10,13H,3-4,11-12,14H2,1-2H3,(H,22,24). The maximum absolute atomic E-state index is 12.4. The number of anilines is 1. The normalized spacial score (nSPS) is 10.7. The van der Waals surface area contributed by atoms with Crippen molar-refractivity contribution in [1.82, 2.24) is 5.16 Å². The van der Waals surface area contributed by atoms with Crippen LogP contribution in [0.3, 0.4) is 0 Å². The second-order valence-electron chi connectivity index (χ2n) is 6.21. The van der Waals surface area contributed by atoms with Gasteiger partial charge < -0.3 is 19.3 Å². The van der Waals surface area contributed by atoms with Gasteiger partial charge in [0.2, 0.25) is 5.91 Å². The maximum Gasteiger partial charge on any atom is 0.230 e. The molecule has 0 aliphatic heterocycles. The molecule has 0 saturated heterocycles. The number of para-hydroxylation sites is 1. The van der Waals surface area contributed by atoms with E-state index in [1.807, 2.05) is 43.3 Å². The van der Waals surface area contributed by atoms with Crippen LogP contribution < -0.4 is 14.8 Å². The first-order chi connectivity index (χ1) is 13.2. The van der Waals surface area contributed by atoms with Crippen molar-refractivity contribution in [3.8, 4) is 11.5 Å². The summed E-state index contributed by atoms with van der Waals surface area (Å²) in [6, 6.07) is 12.9. The van der Waals surface area contributed by atoms with E-state index < -0.39 is 0 Å². The number of hydrogen-bond donors (Lipinski definition) is 1. The van der Waals surface area contributed by atoms with Crippen LogP contribution in [0.2, 0.25) is 0 Å². The van der Waals surface area contributed by atoms with Crippen LogP contribution in [0.5, 0.6) is 11.5 Å². The van der Waals surface area contributed by atoms with Crippen LogP contribution in [0.25, 0.3) is 11.0 Å². The van der Waals surface area contributed by atoms with Crippen LogP contribution in [0, 0.1) is 0 Å². The van der Waals surface area contributed by atoms with Gasteiger partial charge in [-0.2, -0.15) is 0 Å². The Labute approximate surface area is 158 Å². The van der Waals surface area contributed by atoms with E-state index >= 15 is 0 Å². The summed E-state index contributed by atoms with van der Waals surface area (Å²) in [6.45, 7) is 5.30. The van der Waals surface area contributed by atoms with Gasteiger partial charge in [-0.05, 0) is 37.1 Å². The third-order valence-electron chi connectivity index (χ3n) is 3.93. The Morgan fingerprint density at radius 3 is 2.56 bits per heavy atom. The number of benzene rings is 2. The molecule has 0 spiro atoms. The molecule has 6 nitrogen and oxygen atoms in total. The lowest BCUT2D eigenvalue weighted by atomic mass is 10.1. The minimum Gasteiger partial charge on any atom is -0.490 e. The number of nitrogens with zero attached hydrogens (tertiary/aromatic N) is 1. The molecule has 6 heteroatoms. The van der Waals surface area contributed by atoms with Crippen molar-refractivity contribution in [3.63, 3.8) is 0 Å². The fourth-order valence-corrected chi connectivity index (χ4v) is 2.66. The molecule has 1 amide bonds. The molecule has 2 aromatic carbocycles. The molecule has 27 heavy (non-hydrogen) atoms. The van der Waals surface area contributed by atoms with Gasteiger partial charge in [0.15, 0.2) is 17.1 Å². The summed E-state index contributed by atoms with van der Waals surface area (Å²) in [6.07, 6.45) is 1.94. The highest BCUT2D eigenvalue weighted by molar-refractivity contribution is 5.94. The molecule has 1 heterocycles. The molecule has 1 N–H and O–H groups in total. The smallest absolute Gasteiger partial charge is 0.230 e. The quantitative estimate of drug-likeness (QED) is 0.598. The SMILES string of the molecule is CCCOc1ccc(NC(=O)Cc2noc3ccccc23)cc1OCCC. The van der Waals surface area contributed by atoms with Gasteiger partial charge in [0.05, 0.1) is 19.6 Å². The Hall–Kier alpha value is -3.02. The molecular weight excluding hydrogens is 344 g/mol. The molecule has 0 fully saturated rings. The van der Waals surface area contributed by atoms with Crippen molar-refractivity contribution in [1.29, 1.82) is 0 Å². The maximum atomic E-state index is 12.4. The van der Waals surface area contributed by atoms with Gasteiger partial charge in [0.1, 0.15) is 5.69 Å². The zero-order valence-corrected chi connectivity index (χ0v) is 15.7. The van der Waals surface area contributed by atoms with Crippen molar-refractivity contribution in [2.75, 3.05) is 18.5 Å². The number of rotatable bonds is 9. The summed E-state index contributed by atoms with van der Waals surface area (Å²) in [5.74, 6) is 1.15. The summed E-state index contributed by atoms with van der Waals surface area (Å²) >= 11 is 0. The van der Waals surface area contributed by atoms with Crippen molar-refractivity contribution >= 4 is 22.6 Å². The Kier molecular flexibility index (Phi) is 6.30. The highest BCUT2D eigenvalue weighted by Gasteiger charge is 2.13. The number of hydrogen-bond acceptors (Lipinski definition) is 5. The first kappa shape index (κ1) is 18.8. The third kappa shape index (κ3) is 4.78. The van der Waals surface area contributed by atoms with E-state index in [4.69, 9.17) is 14.0 Å².